The number of amides is 1. The Bertz CT molecular complexity index is 435. The molecule has 7 heteroatoms. The first kappa shape index (κ1) is 10.3. The van der Waals surface area contributed by atoms with Gasteiger partial charge in [0.05, 0.1) is 23.4 Å². The minimum Gasteiger partial charge on any atom is -0.359 e. The predicted molar refractivity (Wildman–Crippen MR) is 56.1 cm³/mol. The van der Waals surface area contributed by atoms with Crippen LogP contribution in [0.4, 0.5) is 11.4 Å². The second-order valence-electron chi connectivity index (χ2n) is 3.43. The molecule has 0 aromatic carbocycles. The molecule has 1 saturated heterocycles. The molecule has 84 valence electrons. The fourth-order valence-corrected chi connectivity index (χ4v) is 1.55. The van der Waals surface area contributed by atoms with Gasteiger partial charge in [-0.3, -0.25) is 19.9 Å². The minimum absolute atomic E-state index is 0.0662. The van der Waals surface area contributed by atoms with Crippen molar-refractivity contribution < 1.29 is 9.72 Å². The number of hydrogen-bond acceptors (Lipinski definition) is 5. The summed E-state index contributed by atoms with van der Waals surface area (Å²) < 4.78 is 0. The molecule has 7 nitrogen and oxygen atoms in total. The molecule has 1 aromatic rings. The summed E-state index contributed by atoms with van der Waals surface area (Å²) in [5.74, 6) is -0.0854. The van der Waals surface area contributed by atoms with Gasteiger partial charge in [0.15, 0.2) is 0 Å². The monoisotopic (exact) mass is 222 g/mol. The molecule has 0 unspecified atom stereocenters. The first-order chi connectivity index (χ1) is 7.66. The maximum atomic E-state index is 11.2. The zero-order valence-corrected chi connectivity index (χ0v) is 8.42. The molecular weight excluding hydrogens is 212 g/mol. The first-order valence-electron chi connectivity index (χ1n) is 4.78. The molecule has 2 heterocycles. The highest BCUT2D eigenvalue weighted by atomic mass is 16.6. The van der Waals surface area contributed by atoms with Gasteiger partial charge in [-0.05, 0) is 0 Å². The summed E-state index contributed by atoms with van der Waals surface area (Å²) in [5, 5.41) is 13.3. The summed E-state index contributed by atoms with van der Waals surface area (Å²) in [4.78, 5) is 26.8. The Hall–Kier alpha value is -2.18. The molecule has 0 atom stereocenters. The number of hydrogen-bond donors (Lipinski definition) is 1. The lowest BCUT2D eigenvalue weighted by atomic mass is 10.3. The van der Waals surface area contributed by atoms with Crippen LogP contribution >= 0.6 is 0 Å². The van der Waals surface area contributed by atoms with Crippen LogP contribution in [0.25, 0.3) is 0 Å². The fourth-order valence-electron chi connectivity index (χ4n) is 1.55. The van der Waals surface area contributed by atoms with E-state index in [-0.39, 0.29) is 18.1 Å². The molecule has 1 aliphatic rings. The van der Waals surface area contributed by atoms with Crippen LogP contribution in [0, 0.1) is 10.1 Å². The Balaban J connectivity index is 2.22. The van der Waals surface area contributed by atoms with E-state index in [1.807, 2.05) is 0 Å². The largest absolute Gasteiger partial charge is 0.359 e. The van der Waals surface area contributed by atoms with E-state index in [1.54, 1.807) is 4.90 Å². The van der Waals surface area contributed by atoms with Crippen molar-refractivity contribution in [1.82, 2.24) is 10.3 Å². The van der Waals surface area contributed by atoms with Crippen LogP contribution in [-0.2, 0) is 4.79 Å². The molecule has 1 fully saturated rings. The lowest BCUT2D eigenvalue weighted by molar-refractivity contribution is -0.385. The van der Waals surface area contributed by atoms with Crippen LogP contribution in [-0.4, -0.2) is 35.4 Å². The van der Waals surface area contributed by atoms with E-state index >= 15 is 0 Å². The van der Waals surface area contributed by atoms with E-state index in [0.29, 0.717) is 18.8 Å². The molecule has 0 aliphatic carbocycles. The molecule has 1 aromatic heterocycles. The maximum Gasteiger partial charge on any atom is 0.289 e. The Morgan fingerprint density at radius 2 is 2.31 bits per heavy atom. The number of anilines is 1. The molecule has 1 amide bonds. The fraction of sp³-hybridized carbons (Fsp3) is 0.333. The Kier molecular flexibility index (Phi) is 2.67. The third kappa shape index (κ3) is 2.08. The first-order valence-corrected chi connectivity index (χ1v) is 4.78. The molecule has 0 spiro atoms. The van der Waals surface area contributed by atoms with Gasteiger partial charge in [0.1, 0.15) is 6.20 Å². The van der Waals surface area contributed by atoms with Crippen molar-refractivity contribution in [2.45, 2.75) is 0 Å². The summed E-state index contributed by atoms with van der Waals surface area (Å²) in [6.07, 6.45) is 2.71. The van der Waals surface area contributed by atoms with Gasteiger partial charge >= 0.3 is 0 Å². The SMILES string of the molecule is O=C1CN(c2cncc([N+](=O)[O-])c2)CCN1. The van der Waals surface area contributed by atoms with Crippen molar-refractivity contribution in [3.8, 4) is 0 Å². The van der Waals surface area contributed by atoms with Gasteiger partial charge in [0.2, 0.25) is 5.91 Å². The van der Waals surface area contributed by atoms with E-state index in [9.17, 15) is 14.9 Å². The second-order valence-corrected chi connectivity index (χ2v) is 3.43. The standard InChI is InChI=1S/C9H10N4O3/c14-9-6-12(2-1-11-9)7-3-8(13(15)16)5-10-4-7/h3-5H,1-2,6H2,(H,11,14). The highest BCUT2D eigenvalue weighted by molar-refractivity contribution is 5.82. The van der Waals surface area contributed by atoms with E-state index in [4.69, 9.17) is 0 Å². The number of pyridine rings is 1. The van der Waals surface area contributed by atoms with E-state index in [2.05, 4.69) is 10.3 Å². The lowest BCUT2D eigenvalue weighted by Crippen LogP contribution is -2.47. The molecular formula is C9H10N4O3. The maximum absolute atomic E-state index is 11.2. The van der Waals surface area contributed by atoms with Crippen molar-refractivity contribution in [3.05, 3.63) is 28.6 Å². The van der Waals surface area contributed by atoms with Crippen LogP contribution in [0.2, 0.25) is 0 Å². The van der Waals surface area contributed by atoms with E-state index in [1.165, 1.54) is 18.5 Å². The smallest absolute Gasteiger partial charge is 0.289 e. The number of nitrogens with one attached hydrogen (secondary N) is 1. The van der Waals surface area contributed by atoms with Gasteiger partial charge in [-0.1, -0.05) is 0 Å². The molecule has 1 N–H and O–H groups in total. The number of carbonyl (C=O) groups excluding carboxylic acids is 1. The summed E-state index contributed by atoms with van der Waals surface area (Å²) in [5.41, 5.74) is 0.535. The normalized spacial score (nSPS) is 15.8. The topological polar surface area (TPSA) is 88.4 Å². The molecule has 0 saturated carbocycles. The number of nitro groups is 1. The highest BCUT2D eigenvalue weighted by Gasteiger charge is 2.18. The quantitative estimate of drug-likeness (QED) is 0.558. The zero-order chi connectivity index (χ0) is 11.5. The van der Waals surface area contributed by atoms with Crippen molar-refractivity contribution in [2.75, 3.05) is 24.5 Å². The van der Waals surface area contributed by atoms with Crippen LogP contribution in [0.1, 0.15) is 0 Å². The van der Waals surface area contributed by atoms with Crippen LogP contribution in [0.15, 0.2) is 18.5 Å². The lowest BCUT2D eigenvalue weighted by Gasteiger charge is -2.27. The summed E-state index contributed by atoms with van der Waals surface area (Å²) in [7, 11) is 0. The van der Waals surface area contributed by atoms with E-state index in [0.717, 1.165) is 0 Å². The number of nitrogens with zero attached hydrogens (tertiary/aromatic N) is 3. The van der Waals surface area contributed by atoms with Crippen molar-refractivity contribution in [3.63, 3.8) is 0 Å². The van der Waals surface area contributed by atoms with Gasteiger partial charge in [-0.2, -0.15) is 0 Å². The van der Waals surface area contributed by atoms with Crippen molar-refractivity contribution in [1.29, 1.82) is 0 Å². The van der Waals surface area contributed by atoms with Crippen LogP contribution in [0.5, 0.6) is 0 Å². The van der Waals surface area contributed by atoms with Crippen LogP contribution < -0.4 is 10.2 Å². The van der Waals surface area contributed by atoms with E-state index < -0.39 is 4.92 Å². The Labute approximate surface area is 91.2 Å². The second kappa shape index (κ2) is 4.13. The summed E-state index contributed by atoms with van der Waals surface area (Å²) in [6.45, 7) is 1.39. The van der Waals surface area contributed by atoms with Gasteiger partial charge in [0.25, 0.3) is 5.69 Å². The van der Waals surface area contributed by atoms with Gasteiger partial charge in [0, 0.05) is 19.2 Å². The number of carbonyl (C=O) groups is 1. The highest BCUT2D eigenvalue weighted by Crippen LogP contribution is 2.19. The third-order valence-corrected chi connectivity index (χ3v) is 2.32. The summed E-state index contributed by atoms with van der Waals surface area (Å²) >= 11 is 0. The number of piperazine rings is 1. The molecule has 1 aliphatic heterocycles. The Morgan fingerprint density at radius 1 is 1.50 bits per heavy atom. The average molecular weight is 222 g/mol. The zero-order valence-electron chi connectivity index (χ0n) is 8.42. The molecule has 16 heavy (non-hydrogen) atoms. The van der Waals surface area contributed by atoms with Crippen LogP contribution in [0.3, 0.4) is 0 Å². The molecule has 0 radical (unpaired) electrons. The van der Waals surface area contributed by atoms with Crippen molar-refractivity contribution >= 4 is 17.3 Å². The molecule has 2 rings (SSSR count). The minimum atomic E-state index is -0.499. The number of aromatic nitrogens is 1. The van der Waals surface area contributed by atoms with Gasteiger partial charge in [-0.15, -0.1) is 0 Å². The summed E-state index contributed by atoms with van der Waals surface area (Å²) in [6, 6.07) is 1.42. The number of rotatable bonds is 2. The van der Waals surface area contributed by atoms with Crippen molar-refractivity contribution in [2.24, 2.45) is 0 Å². The predicted octanol–water partition coefficient (Wildman–Crippen LogP) is -0.0740. The van der Waals surface area contributed by atoms with Gasteiger partial charge in [-0.25, -0.2) is 0 Å². The van der Waals surface area contributed by atoms with Gasteiger partial charge < -0.3 is 10.2 Å². The molecule has 0 bridgehead atoms. The average Bonchev–Trinajstić information content (AvgIpc) is 2.29. The Morgan fingerprint density at radius 3 is 3.00 bits per heavy atom. The third-order valence-electron chi connectivity index (χ3n) is 2.32.